The van der Waals surface area contributed by atoms with Crippen molar-refractivity contribution in [3.63, 3.8) is 0 Å². The zero-order valence-electron chi connectivity index (χ0n) is 13.6. The third-order valence-electron chi connectivity index (χ3n) is 3.28. The van der Waals surface area contributed by atoms with Crippen LogP contribution in [0.4, 0.5) is 10.5 Å². The van der Waals surface area contributed by atoms with Gasteiger partial charge in [-0.25, -0.2) is 4.79 Å². The monoisotopic (exact) mass is 330 g/mol. The zero-order chi connectivity index (χ0) is 17.2. The topological polar surface area (TPSA) is 79.8 Å². The number of rotatable bonds is 8. The van der Waals surface area contributed by atoms with Gasteiger partial charge in [0.1, 0.15) is 18.5 Å². The molecular formula is C18H22N2O4. The molecule has 0 bridgehead atoms. The van der Waals surface area contributed by atoms with Crippen molar-refractivity contribution in [1.29, 1.82) is 0 Å². The van der Waals surface area contributed by atoms with Crippen LogP contribution in [-0.4, -0.2) is 37.6 Å². The van der Waals surface area contributed by atoms with E-state index in [-0.39, 0.29) is 6.61 Å². The Morgan fingerprint density at radius 3 is 2.50 bits per heavy atom. The van der Waals surface area contributed by atoms with Crippen LogP contribution >= 0.6 is 0 Å². The lowest BCUT2D eigenvalue weighted by Gasteiger charge is -2.13. The summed E-state index contributed by atoms with van der Waals surface area (Å²) in [6, 6.07) is 16.8. The molecule has 0 saturated carbocycles. The van der Waals surface area contributed by atoms with Crippen molar-refractivity contribution >= 4 is 11.8 Å². The lowest BCUT2D eigenvalue weighted by atomic mass is 10.2. The first-order chi connectivity index (χ1) is 11.7. The van der Waals surface area contributed by atoms with Crippen molar-refractivity contribution < 1.29 is 19.4 Å². The van der Waals surface area contributed by atoms with E-state index in [0.29, 0.717) is 24.5 Å². The molecule has 1 atom stereocenters. The molecule has 3 N–H and O–H groups in total. The first kappa shape index (κ1) is 17.8. The number of anilines is 1. The normalized spacial score (nSPS) is 11.6. The molecule has 2 aromatic carbocycles. The standard InChI is InChI=1S/C18H22N2O4/c1-23-18(22)20-15-7-9-17(10-8-15)24-13-16(21)12-19-11-14-5-3-2-4-6-14/h2-10,16,19,21H,11-13H2,1H3,(H,20,22). The van der Waals surface area contributed by atoms with Crippen molar-refractivity contribution in [2.75, 3.05) is 25.6 Å². The average molecular weight is 330 g/mol. The third kappa shape index (κ3) is 6.28. The molecule has 128 valence electrons. The van der Waals surface area contributed by atoms with E-state index in [1.807, 2.05) is 30.3 Å². The van der Waals surface area contributed by atoms with Crippen LogP contribution in [0.1, 0.15) is 5.56 Å². The predicted molar refractivity (Wildman–Crippen MR) is 92.1 cm³/mol. The minimum atomic E-state index is -0.610. The van der Waals surface area contributed by atoms with Crippen LogP contribution in [0.5, 0.6) is 5.75 Å². The number of aliphatic hydroxyl groups excluding tert-OH is 1. The summed E-state index contributed by atoms with van der Waals surface area (Å²) in [5.41, 5.74) is 1.78. The van der Waals surface area contributed by atoms with E-state index in [2.05, 4.69) is 15.4 Å². The van der Waals surface area contributed by atoms with Gasteiger partial charge in [0.25, 0.3) is 0 Å². The molecule has 24 heavy (non-hydrogen) atoms. The van der Waals surface area contributed by atoms with Crippen molar-refractivity contribution in [2.45, 2.75) is 12.6 Å². The van der Waals surface area contributed by atoms with Crippen molar-refractivity contribution in [3.05, 3.63) is 60.2 Å². The molecule has 0 aliphatic heterocycles. The Bertz CT molecular complexity index is 617. The number of carbonyl (C=O) groups excluding carboxylic acids is 1. The summed E-state index contributed by atoms with van der Waals surface area (Å²) in [4.78, 5) is 11.1. The molecule has 0 radical (unpaired) electrons. The number of hydrogen-bond acceptors (Lipinski definition) is 5. The molecule has 0 heterocycles. The summed E-state index contributed by atoms with van der Waals surface area (Å²) in [7, 11) is 1.31. The molecular weight excluding hydrogens is 308 g/mol. The van der Waals surface area contributed by atoms with Gasteiger partial charge in [-0.15, -0.1) is 0 Å². The van der Waals surface area contributed by atoms with Crippen LogP contribution in [0.15, 0.2) is 54.6 Å². The maximum atomic E-state index is 11.1. The van der Waals surface area contributed by atoms with Gasteiger partial charge < -0.3 is 19.9 Å². The smallest absolute Gasteiger partial charge is 0.411 e. The van der Waals surface area contributed by atoms with E-state index in [9.17, 15) is 9.90 Å². The van der Waals surface area contributed by atoms with Crippen LogP contribution in [0, 0.1) is 0 Å². The quantitative estimate of drug-likeness (QED) is 0.692. The van der Waals surface area contributed by atoms with E-state index in [1.165, 1.54) is 12.7 Å². The van der Waals surface area contributed by atoms with E-state index < -0.39 is 12.2 Å². The fourth-order valence-corrected chi connectivity index (χ4v) is 2.03. The molecule has 1 unspecified atom stereocenters. The van der Waals surface area contributed by atoms with E-state index >= 15 is 0 Å². The number of aliphatic hydroxyl groups is 1. The summed E-state index contributed by atoms with van der Waals surface area (Å²) < 4.78 is 10.0. The van der Waals surface area contributed by atoms with Gasteiger partial charge >= 0.3 is 6.09 Å². The molecule has 0 spiro atoms. The lowest BCUT2D eigenvalue weighted by molar-refractivity contribution is 0.106. The van der Waals surface area contributed by atoms with Crippen LogP contribution in [-0.2, 0) is 11.3 Å². The van der Waals surface area contributed by atoms with Gasteiger partial charge in [0.05, 0.1) is 7.11 Å². The summed E-state index contributed by atoms with van der Waals surface area (Å²) >= 11 is 0. The average Bonchev–Trinajstić information content (AvgIpc) is 2.62. The van der Waals surface area contributed by atoms with Crippen molar-refractivity contribution in [3.8, 4) is 5.75 Å². The van der Waals surface area contributed by atoms with Crippen LogP contribution in [0.25, 0.3) is 0 Å². The van der Waals surface area contributed by atoms with Crippen LogP contribution in [0.3, 0.4) is 0 Å². The highest BCUT2D eigenvalue weighted by Gasteiger charge is 2.06. The molecule has 6 nitrogen and oxygen atoms in total. The number of ether oxygens (including phenoxy) is 2. The molecule has 0 aromatic heterocycles. The molecule has 1 amide bonds. The van der Waals surface area contributed by atoms with Crippen LogP contribution < -0.4 is 15.4 Å². The minimum absolute atomic E-state index is 0.186. The molecule has 0 saturated heterocycles. The Balaban J connectivity index is 1.67. The Morgan fingerprint density at radius 2 is 1.83 bits per heavy atom. The molecule has 6 heteroatoms. The van der Waals surface area contributed by atoms with E-state index in [0.717, 1.165) is 0 Å². The van der Waals surface area contributed by atoms with Gasteiger partial charge in [0.2, 0.25) is 0 Å². The van der Waals surface area contributed by atoms with Gasteiger partial charge in [-0.05, 0) is 29.8 Å². The number of nitrogens with one attached hydrogen (secondary N) is 2. The molecule has 2 rings (SSSR count). The highest BCUT2D eigenvalue weighted by Crippen LogP contribution is 2.16. The second-order valence-corrected chi connectivity index (χ2v) is 5.22. The van der Waals surface area contributed by atoms with Crippen molar-refractivity contribution in [2.24, 2.45) is 0 Å². The summed E-state index contributed by atoms with van der Waals surface area (Å²) in [5, 5.41) is 15.7. The fourth-order valence-electron chi connectivity index (χ4n) is 2.03. The van der Waals surface area contributed by atoms with Gasteiger partial charge in [0.15, 0.2) is 0 Å². The van der Waals surface area contributed by atoms with Gasteiger partial charge in [-0.3, -0.25) is 5.32 Å². The highest BCUT2D eigenvalue weighted by atomic mass is 16.5. The second-order valence-electron chi connectivity index (χ2n) is 5.22. The minimum Gasteiger partial charge on any atom is -0.491 e. The molecule has 2 aromatic rings. The maximum absolute atomic E-state index is 11.1. The maximum Gasteiger partial charge on any atom is 0.411 e. The van der Waals surface area contributed by atoms with E-state index in [4.69, 9.17) is 4.74 Å². The largest absolute Gasteiger partial charge is 0.491 e. The molecule has 0 aliphatic rings. The first-order valence-corrected chi connectivity index (χ1v) is 7.68. The number of amides is 1. The number of hydrogen-bond donors (Lipinski definition) is 3. The summed E-state index contributed by atoms with van der Waals surface area (Å²) in [6.45, 7) is 1.33. The zero-order valence-corrected chi connectivity index (χ0v) is 13.6. The Labute approximate surface area is 141 Å². The molecule has 0 aliphatic carbocycles. The number of methoxy groups -OCH3 is 1. The van der Waals surface area contributed by atoms with Gasteiger partial charge in [0, 0.05) is 18.8 Å². The van der Waals surface area contributed by atoms with Crippen molar-refractivity contribution in [1.82, 2.24) is 5.32 Å². The highest BCUT2D eigenvalue weighted by molar-refractivity contribution is 5.84. The summed E-state index contributed by atoms with van der Waals surface area (Å²) in [5.74, 6) is 0.618. The first-order valence-electron chi connectivity index (χ1n) is 7.68. The Morgan fingerprint density at radius 1 is 1.12 bits per heavy atom. The third-order valence-corrected chi connectivity index (χ3v) is 3.28. The van der Waals surface area contributed by atoms with E-state index in [1.54, 1.807) is 24.3 Å². The number of carbonyl (C=O) groups is 1. The number of benzene rings is 2. The Hall–Kier alpha value is -2.57. The lowest BCUT2D eigenvalue weighted by Crippen LogP contribution is -2.31. The van der Waals surface area contributed by atoms with Gasteiger partial charge in [-0.2, -0.15) is 0 Å². The van der Waals surface area contributed by atoms with Gasteiger partial charge in [-0.1, -0.05) is 30.3 Å². The SMILES string of the molecule is COC(=O)Nc1ccc(OCC(O)CNCc2ccccc2)cc1. The Kier molecular flexibility index (Phi) is 7.07. The second kappa shape index (κ2) is 9.54. The van der Waals surface area contributed by atoms with Crippen LogP contribution in [0.2, 0.25) is 0 Å². The fraction of sp³-hybridized carbons (Fsp3) is 0.278. The summed E-state index contributed by atoms with van der Waals surface area (Å²) in [6.07, 6.45) is -1.13. The predicted octanol–water partition coefficient (Wildman–Crippen LogP) is 2.39. The molecule has 0 fully saturated rings.